The summed E-state index contributed by atoms with van der Waals surface area (Å²) in [5, 5.41) is 0.606. The van der Waals surface area contributed by atoms with Gasteiger partial charge in [0.1, 0.15) is 6.10 Å². The fourth-order valence-electron chi connectivity index (χ4n) is 2.26. The first-order chi connectivity index (χ1) is 9.08. The highest BCUT2D eigenvalue weighted by molar-refractivity contribution is 6.33. The number of carbonyl (C=O) groups is 1. The molecular formula is C16H19ClO2. The minimum atomic E-state index is -0.244. The maximum Gasteiger partial charge on any atom is 0.335 e. The van der Waals surface area contributed by atoms with E-state index in [2.05, 4.69) is 26.0 Å². The molecule has 0 aromatic heterocycles. The first-order valence-corrected chi connectivity index (χ1v) is 7.09. The lowest BCUT2D eigenvalue weighted by molar-refractivity contribution is -0.140. The summed E-state index contributed by atoms with van der Waals surface area (Å²) >= 11 is 6.28. The van der Waals surface area contributed by atoms with Gasteiger partial charge in [0.15, 0.2) is 0 Å². The molecule has 1 aromatic rings. The number of halogens is 1. The van der Waals surface area contributed by atoms with E-state index in [0.717, 1.165) is 12.8 Å². The van der Waals surface area contributed by atoms with Crippen LogP contribution in [0.15, 0.2) is 40.9 Å². The highest BCUT2D eigenvalue weighted by Crippen LogP contribution is 2.32. The Bertz CT molecular complexity index is 477. The van der Waals surface area contributed by atoms with Crippen molar-refractivity contribution in [2.45, 2.75) is 39.2 Å². The Morgan fingerprint density at radius 2 is 1.89 bits per heavy atom. The zero-order valence-electron chi connectivity index (χ0n) is 11.4. The highest BCUT2D eigenvalue weighted by atomic mass is 35.5. The Kier molecular flexibility index (Phi) is 4.65. The molecular weight excluding hydrogens is 260 g/mol. The van der Waals surface area contributed by atoms with E-state index in [-0.39, 0.29) is 12.1 Å². The molecule has 1 unspecified atom stereocenters. The van der Waals surface area contributed by atoms with Crippen molar-refractivity contribution in [2.75, 3.05) is 0 Å². The van der Waals surface area contributed by atoms with Gasteiger partial charge in [-0.1, -0.05) is 55.8 Å². The average Bonchev–Trinajstić information content (AvgIpc) is 2.63. The molecule has 1 aliphatic heterocycles. The summed E-state index contributed by atoms with van der Waals surface area (Å²) in [7, 11) is 0. The van der Waals surface area contributed by atoms with Gasteiger partial charge in [-0.25, -0.2) is 4.79 Å². The van der Waals surface area contributed by atoms with Crippen LogP contribution in [0.4, 0.5) is 0 Å². The zero-order valence-corrected chi connectivity index (χ0v) is 12.1. The molecule has 1 atom stereocenters. The minimum absolute atomic E-state index is 0.236. The Morgan fingerprint density at radius 3 is 2.53 bits per heavy atom. The number of rotatable bonds is 5. The van der Waals surface area contributed by atoms with Gasteiger partial charge in [0.05, 0.1) is 10.6 Å². The van der Waals surface area contributed by atoms with Gasteiger partial charge in [0, 0.05) is 0 Å². The van der Waals surface area contributed by atoms with Crippen molar-refractivity contribution in [3.63, 3.8) is 0 Å². The number of ether oxygens (including phenoxy) is 1. The Balaban J connectivity index is 2.02. The van der Waals surface area contributed by atoms with Crippen molar-refractivity contribution in [3.05, 3.63) is 46.5 Å². The third-order valence-corrected chi connectivity index (χ3v) is 3.73. The molecule has 19 heavy (non-hydrogen) atoms. The van der Waals surface area contributed by atoms with Gasteiger partial charge in [0.2, 0.25) is 0 Å². The molecule has 0 aliphatic carbocycles. The molecule has 1 heterocycles. The molecule has 2 nitrogen and oxygen atoms in total. The summed E-state index contributed by atoms with van der Waals surface area (Å²) in [5.74, 6) is 0.214. The maximum atomic E-state index is 11.8. The van der Waals surface area contributed by atoms with E-state index in [9.17, 15) is 4.79 Å². The quantitative estimate of drug-likeness (QED) is 0.759. The van der Waals surface area contributed by atoms with Crippen molar-refractivity contribution >= 4 is 17.6 Å². The van der Waals surface area contributed by atoms with E-state index in [1.54, 1.807) is 0 Å². The predicted molar refractivity (Wildman–Crippen MR) is 77.0 cm³/mol. The summed E-state index contributed by atoms with van der Waals surface area (Å²) in [6.07, 6.45) is 2.02. The second kappa shape index (κ2) is 6.25. The molecule has 0 saturated heterocycles. The van der Waals surface area contributed by atoms with Gasteiger partial charge in [-0.3, -0.25) is 0 Å². The van der Waals surface area contributed by atoms with Gasteiger partial charge in [-0.05, 0) is 30.7 Å². The topological polar surface area (TPSA) is 26.3 Å². The van der Waals surface area contributed by atoms with E-state index in [1.807, 2.05) is 18.2 Å². The van der Waals surface area contributed by atoms with Gasteiger partial charge >= 0.3 is 5.97 Å². The summed E-state index contributed by atoms with van der Waals surface area (Å²) in [6, 6.07) is 10.1. The summed E-state index contributed by atoms with van der Waals surface area (Å²) in [4.78, 5) is 11.8. The number of aryl methyl sites for hydroxylation is 1. The molecule has 0 saturated carbocycles. The Labute approximate surface area is 119 Å². The van der Waals surface area contributed by atoms with Crippen molar-refractivity contribution in [3.8, 4) is 0 Å². The van der Waals surface area contributed by atoms with Crippen molar-refractivity contribution in [2.24, 2.45) is 5.92 Å². The molecule has 0 radical (unpaired) electrons. The van der Waals surface area contributed by atoms with Crippen LogP contribution >= 0.6 is 11.6 Å². The van der Waals surface area contributed by atoms with Crippen molar-refractivity contribution < 1.29 is 9.53 Å². The number of hydrogen-bond acceptors (Lipinski definition) is 2. The number of hydrogen-bond donors (Lipinski definition) is 0. The van der Waals surface area contributed by atoms with Crippen LogP contribution in [-0.2, 0) is 16.0 Å². The fraction of sp³-hybridized carbons (Fsp3) is 0.438. The third-order valence-electron chi connectivity index (χ3n) is 3.26. The number of carbonyl (C=O) groups excluding carboxylic acids is 1. The minimum Gasteiger partial charge on any atom is -0.453 e. The molecule has 0 bridgehead atoms. The Morgan fingerprint density at radius 1 is 1.21 bits per heavy atom. The second-order valence-electron chi connectivity index (χ2n) is 5.34. The standard InChI is InChI=1S/C16H19ClO2/c1-11(2)10-14-15(17)13(16(18)19-14)9-8-12-6-4-3-5-7-12/h3-7,11,14H,8-10H2,1-2H3. The zero-order chi connectivity index (χ0) is 13.8. The van der Waals surface area contributed by atoms with Gasteiger partial charge in [-0.15, -0.1) is 0 Å². The lowest BCUT2D eigenvalue weighted by Gasteiger charge is -2.12. The van der Waals surface area contributed by atoms with Crippen LogP contribution in [0.2, 0.25) is 0 Å². The third kappa shape index (κ3) is 3.60. The maximum absolute atomic E-state index is 11.8. The van der Waals surface area contributed by atoms with Crippen LogP contribution in [0.3, 0.4) is 0 Å². The van der Waals surface area contributed by atoms with Crippen LogP contribution in [0.5, 0.6) is 0 Å². The molecule has 0 spiro atoms. The van der Waals surface area contributed by atoms with E-state index in [1.165, 1.54) is 5.56 Å². The van der Waals surface area contributed by atoms with Crippen LogP contribution in [0, 0.1) is 5.92 Å². The summed E-state index contributed by atoms with van der Waals surface area (Å²) in [6.45, 7) is 4.19. The smallest absolute Gasteiger partial charge is 0.335 e. The monoisotopic (exact) mass is 278 g/mol. The molecule has 3 heteroatoms. The predicted octanol–water partition coefficient (Wildman–Crippen LogP) is 4.08. The van der Waals surface area contributed by atoms with E-state index in [4.69, 9.17) is 16.3 Å². The first kappa shape index (κ1) is 14.1. The van der Waals surface area contributed by atoms with Crippen LogP contribution in [0.1, 0.15) is 32.3 Å². The van der Waals surface area contributed by atoms with Crippen molar-refractivity contribution in [1.29, 1.82) is 0 Å². The molecule has 1 aliphatic rings. The van der Waals surface area contributed by atoms with Crippen LogP contribution in [0.25, 0.3) is 0 Å². The fourth-order valence-corrected chi connectivity index (χ4v) is 2.56. The van der Waals surface area contributed by atoms with Crippen LogP contribution < -0.4 is 0 Å². The van der Waals surface area contributed by atoms with Gasteiger partial charge in [0.25, 0.3) is 0 Å². The van der Waals surface area contributed by atoms with E-state index >= 15 is 0 Å². The second-order valence-corrected chi connectivity index (χ2v) is 5.74. The van der Waals surface area contributed by atoms with Crippen LogP contribution in [-0.4, -0.2) is 12.1 Å². The first-order valence-electron chi connectivity index (χ1n) is 6.71. The van der Waals surface area contributed by atoms with E-state index in [0.29, 0.717) is 22.9 Å². The molecule has 0 fully saturated rings. The lowest BCUT2D eigenvalue weighted by atomic mass is 10.0. The Hall–Kier alpha value is -1.28. The molecule has 0 N–H and O–H groups in total. The number of benzene rings is 1. The molecule has 0 amide bonds. The summed E-state index contributed by atoms with van der Waals surface area (Å²) in [5.41, 5.74) is 1.86. The van der Waals surface area contributed by atoms with E-state index < -0.39 is 0 Å². The normalized spacial score (nSPS) is 19.2. The number of esters is 1. The summed E-state index contributed by atoms with van der Waals surface area (Å²) < 4.78 is 5.34. The molecule has 102 valence electrons. The van der Waals surface area contributed by atoms with Gasteiger partial charge < -0.3 is 4.74 Å². The molecule has 1 aromatic carbocycles. The SMILES string of the molecule is CC(C)CC1OC(=O)C(CCc2ccccc2)=C1Cl. The highest BCUT2D eigenvalue weighted by Gasteiger charge is 2.32. The van der Waals surface area contributed by atoms with Crippen molar-refractivity contribution in [1.82, 2.24) is 0 Å². The molecule has 2 rings (SSSR count). The lowest BCUT2D eigenvalue weighted by Crippen LogP contribution is -2.12. The van der Waals surface area contributed by atoms with Gasteiger partial charge in [-0.2, -0.15) is 0 Å². The average molecular weight is 279 g/mol. The number of cyclic esters (lactones) is 1. The largest absolute Gasteiger partial charge is 0.453 e.